The van der Waals surface area contributed by atoms with Crippen molar-refractivity contribution >= 4 is 11.9 Å². The van der Waals surface area contributed by atoms with Gasteiger partial charge in [-0.3, -0.25) is 4.79 Å². The van der Waals surface area contributed by atoms with Gasteiger partial charge in [0.25, 0.3) is 0 Å². The van der Waals surface area contributed by atoms with Crippen LogP contribution in [0.25, 0.3) is 6.08 Å². The number of hydrogen-bond acceptors (Lipinski definition) is 4. The van der Waals surface area contributed by atoms with Gasteiger partial charge in [0.1, 0.15) is 23.5 Å². The van der Waals surface area contributed by atoms with E-state index in [1.165, 1.54) is 6.08 Å². The summed E-state index contributed by atoms with van der Waals surface area (Å²) in [6.45, 7) is -0.0978. The van der Waals surface area contributed by atoms with Crippen molar-refractivity contribution in [3.63, 3.8) is 0 Å². The average Bonchev–Trinajstić information content (AvgIpc) is 2.59. The number of rotatable bonds is 5. The highest BCUT2D eigenvalue weighted by atomic mass is 16.5. The molecule has 0 bridgehead atoms. The lowest BCUT2D eigenvalue weighted by molar-refractivity contribution is 0.104. The van der Waals surface area contributed by atoms with Crippen LogP contribution in [-0.4, -0.2) is 12.4 Å². The van der Waals surface area contributed by atoms with Gasteiger partial charge in [0, 0.05) is 11.1 Å². The minimum Gasteiger partial charge on any atom is -0.478 e. The Balaban J connectivity index is 2.36. The summed E-state index contributed by atoms with van der Waals surface area (Å²) < 4.78 is 5.29. The molecule has 0 N–H and O–H groups in total. The molecule has 0 saturated heterocycles. The van der Waals surface area contributed by atoms with E-state index in [1.807, 2.05) is 12.1 Å². The summed E-state index contributed by atoms with van der Waals surface area (Å²) >= 11 is 0. The van der Waals surface area contributed by atoms with Gasteiger partial charge < -0.3 is 4.74 Å². The van der Waals surface area contributed by atoms with Gasteiger partial charge in [0.2, 0.25) is 5.78 Å². The van der Waals surface area contributed by atoms with E-state index < -0.39 is 0 Å². The first kappa shape index (κ1) is 15.0. The molecule has 0 saturated carbocycles. The van der Waals surface area contributed by atoms with Crippen molar-refractivity contribution in [2.45, 2.75) is 0 Å². The summed E-state index contributed by atoms with van der Waals surface area (Å²) in [5, 5.41) is 17.8. The molecular formula is C18H12N2O2. The number of carbonyl (C=O) groups is 1. The molecule has 2 rings (SSSR count). The zero-order valence-electron chi connectivity index (χ0n) is 11.7. The lowest BCUT2D eigenvalue weighted by Crippen LogP contribution is -2.02. The zero-order chi connectivity index (χ0) is 15.8. The average molecular weight is 288 g/mol. The van der Waals surface area contributed by atoms with Gasteiger partial charge in [0.15, 0.2) is 6.61 Å². The van der Waals surface area contributed by atoms with Gasteiger partial charge in [-0.05, 0) is 12.1 Å². The molecule has 0 aromatic heterocycles. The molecule has 0 radical (unpaired) electrons. The Bertz CT molecular complexity index is 781. The molecular weight excluding hydrogens is 276 g/mol. The fourth-order valence-corrected chi connectivity index (χ4v) is 1.89. The Labute approximate surface area is 128 Å². The molecule has 22 heavy (non-hydrogen) atoms. The number of allylic oxidation sites excluding steroid dienone is 1. The maximum absolute atomic E-state index is 12.3. The molecule has 0 aliphatic heterocycles. The van der Waals surface area contributed by atoms with Crippen molar-refractivity contribution in [1.82, 2.24) is 0 Å². The van der Waals surface area contributed by atoms with E-state index in [1.54, 1.807) is 54.6 Å². The number of carbonyl (C=O) groups excluding carboxylic acids is 1. The quantitative estimate of drug-likeness (QED) is 0.480. The molecule has 0 spiro atoms. The fourth-order valence-electron chi connectivity index (χ4n) is 1.89. The van der Waals surface area contributed by atoms with Crippen LogP contribution in [0.5, 0.6) is 5.75 Å². The van der Waals surface area contributed by atoms with E-state index in [0.717, 1.165) is 0 Å². The predicted octanol–water partition coefficient (Wildman–Crippen LogP) is 3.38. The number of hydrogen-bond donors (Lipinski definition) is 0. The number of para-hydroxylation sites is 1. The van der Waals surface area contributed by atoms with Crippen molar-refractivity contribution in [2.24, 2.45) is 0 Å². The molecule has 0 heterocycles. The van der Waals surface area contributed by atoms with Crippen LogP contribution < -0.4 is 4.74 Å². The van der Waals surface area contributed by atoms with Gasteiger partial charge >= 0.3 is 0 Å². The molecule has 0 amide bonds. The van der Waals surface area contributed by atoms with Crippen molar-refractivity contribution < 1.29 is 9.53 Å². The van der Waals surface area contributed by atoms with Crippen LogP contribution in [0.1, 0.15) is 15.9 Å². The fraction of sp³-hybridized carbons (Fsp3) is 0.0556. The van der Waals surface area contributed by atoms with Crippen LogP contribution in [0.15, 0.2) is 60.2 Å². The van der Waals surface area contributed by atoms with Gasteiger partial charge in [-0.25, -0.2) is 0 Å². The third-order valence-corrected chi connectivity index (χ3v) is 2.91. The van der Waals surface area contributed by atoms with E-state index in [4.69, 9.17) is 10.00 Å². The van der Waals surface area contributed by atoms with E-state index in [0.29, 0.717) is 16.9 Å². The molecule has 4 nitrogen and oxygen atoms in total. The summed E-state index contributed by atoms with van der Waals surface area (Å²) in [5.41, 5.74) is 1.04. The highest BCUT2D eigenvalue weighted by Gasteiger charge is 2.12. The lowest BCUT2D eigenvalue weighted by atomic mass is 10.0. The van der Waals surface area contributed by atoms with Gasteiger partial charge in [-0.1, -0.05) is 48.5 Å². The Morgan fingerprint density at radius 1 is 1.05 bits per heavy atom. The molecule has 2 aromatic rings. The standard InChI is InChI=1S/C18H12N2O2/c19-10-11-22-17-9-5-4-8-15(17)12-16(13-20)18(21)14-6-2-1-3-7-14/h1-9,12H,11H2. The van der Waals surface area contributed by atoms with Crippen molar-refractivity contribution in [3.8, 4) is 17.9 Å². The number of ketones is 1. The van der Waals surface area contributed by atoms with E-state index >= 15 is 0 Å². The molecule has 0 unspecified atom stereocenters. The number of nitrogens with zero attached hydrogens (tertiary/aromatic N) is 2. The summed E-state index contributed by atoms with van der Waals surface area (Å²) in [5.74, 6) is 0.107. The Kier molecular flexibility index (Phi) is 5.07. The van der Waals surface area contributed by atoms with Gasteiger partial charge in [-0.15, -0.1) is 0 Å². The zero-order valence-corrected chi connectivity index (χ0v) is 11.7. The summed E-state index contributed by atoms with van der Waals surface area (Å²) in [6, 6.07) is 19.4. The molecule has 0 atom stereocenters. The van der Waals surface area contributed by atoms with E-state index in [2.05, 4.69) is 0 Å². The Morgan fingerprint density at radius 3 is 2.41 bits per heavy atom. The first-order chi connectivity index (χ1) is 10.8. The van der Waals surface area contributed by atoms with Crippen LogP contribution in [0.3, 0.4) is 0 Å². The second kappa shape index (κ2) is 7.42. The highest BCUT2D eigenvalue weighted by Crippen LogP contribution is 2.22. The Hall–Kier alpha value is -3.37. The van der Waals surface area contributed by atoms with Crippen LogP contribution in [0.2, 0.25) is 0 Å². The molecule has 106 valence electrons. The summed E-state index contributed by atoms with van der Waals surface area (Å²) in [7, 11) is 0. The van der Waals surface area contributed by atoms with Crippen molar-refractivity contribution in [1.29, 1.82) is 10.5 Å². The van der Waals surface area contributed by atoms with Crippen LogP contribution in [-0.2, 0) is 0 Å². The number of benzene rings is 2. The predicted molar refractivity (Wildman–Crippen MR) is 81.9 cm³/mol. The van der Waals surface area contributed by atoms with E-state index in [-0.39, 0.29) is 18.0 Å². The minimum atomic E-state index is -0.349. The highest BCUT2D eigenvalue weighted by molar-refractivity contribution is 6.14. The van der Waals surface area contributed by atoms with Gasteiger partial charge in [-0.2, -0.15) is 10.5 Å². The lowest BCUT2D eigenvalue weighted by Gasteiger charge is -2.06. The maximum Gasteiger partial charge on any atom is 0.203 e. The second-order valence-electron chi connectivity index (χ2n) is 4.35. The largest absolute Gasteiger partial charge is 0.478 e. The third-order valence-electron chi connectivity index (χ3n) is 2.91. The number of ether oxygens (including phenoxy) is 1. The smallest absolute Gasteiger partial charge is 0.203 e. The van der Waals surface area contributed by atoms with Crippen molar-refractivity contribution in [3.05, 3.63) is 71.3 Å². The third kappa shape index (κ3) is 3.59. The van der Waals surface area contributed by atoms with Crippen molar-refractivity contribution in [2.75, 3.05) is 6.61 Å². The molecule has 0 aliphatic carbocycles. The second-order valence-corrected chi connectivity index (χ2v) is 4.35. The SMILES string of the molecule is N#CCOc1ccccc1C=C(C#N)C(=O)c1ccccc1. The molecule has 0 fully saturated rings. The Morgan fingerprint density at radius 2 is 1.73 bits per heavy atom. The first-order valence-corrected chi connectivity index (χ1v) is 6.56. The van der Waals surface area contributed by atoms with Crippen LogP contribution in [0.4, 0.5) is 0 Å². The summed E-state index contributed by atoms with van der Waals surface area (Å²) in [4.78, 5) is 12.3. The monoisotopic (exact) mass is 288 g/mol. The molecule has 2 aromatic carbocycles. The topological polar surface area (TPSA) is 73.9 Å². The van der Waals surface area contributed by atoms with Gasteiger partial charge in [0.05, 0.1) is 0 Å². The maximum atomic E-state index is 12.3. The number of nitriles is 2. The minimum absolute atomic E-state index is 0.0132. The van der Waals surface area contributed by atoms with Crippen LogP contribution in [0, 0.1) is 22.7 Å². The van der Waals surface area contributed by atoms with E-state index in [9.17, 15) is 10.1 Å². The molecule has 4 heteroatoms. The number of Topliss-reactive ketones (excluding diaryl/α,β-unsaturated/α-hetero) is 1. The van der Waals surface area contributed by atoms with Crippen LogP contribution >= 0.6 is 0 Å². The summed E-state index contributed by atoms with van der Waals surface area (Å²) in [6.07, 6.45) is 1.47. The normalized spacial score (nSPS) is 10.4. The molecule has 0 aliphatic rings. The first-order valence-electron chi connectivity index (χ1n) is 6.56.